The van der Waals surface area contributed by atoms with Crippen LogP contribution in [0.1, 0.15) is 45.4 Å². The third-order valence-electron chi connectivity index (χ3n) is 5.22. The van der Waals surface area contributed by atoms with Crippen molar-refractivity contribution in [2.24, 2.45) is 17.3 Å². The minimum absolute atomic E-state index is 0.104. The normalized spacial score (nSPS) is 29.1. The van der Waals surface area contributed by atoms with Crippen molar-refractivity contribution in [3.05, 3.63) is 0 Å². The second kappa shape index (κ2) is 6.57. The Labute approximate surface area is 120 Å². The molecule has 2 unspecified atom stereocenters. The van der Waals surface area contributed by atoms with Crippen molar-refractivity contribution in [2.75, 3.05) is 19.6 Å². The Balaban J connectivity index is 1.89. The summed E-state index contributed by atoms with van der Waals surface area (Å²) in [5.41, 5.74) is -0.247. The first-order chi connectivity index (χ1) is 9.59. The average molecular weight is 282 g/mol. The van der Waals surface area contributed by atoms with E-state index >= 15 is 0 Å². The van der Waals surface area contributed by atoms with Gasteiger partial charge in [-0.05, 0) is 51.1 Å². The van der Waals surface area contributed by atoms with Crippen LogP contribution in [0.15, 0.2) is 0 Å². The number of carbonyl (C=O) groups is 2. The van der Waals surface area contributed by atoms with E-state index in [2.05, 4.69) is 17.6 Å². The van der Waals surface area contributed by atoms with Gasteiger partial charge in [0.15, 0.2) is 0 Å². The van der Waals surface area contributed by atoms with E-state index in [4.69, 9.17) is 0 Å². The van der Waals surface area contributed by atoms with Crippen LogP contribution in [0.3, 0.4) is 0 Å². The highest BCUT2D eigenvalue weighted by Crippen LogP contribution is 2.34. The van der Waals surface area contributed by atoms with E-state index in [0.717, 1.165) is 51.6 Å². The molecule has 0 aromatic rings. The Morgan fingerprint density at radius 3 is 2.60 bits per heavy atom. The van der Waals surface area contributed by atoms with Crippen molar-refractivity contribution in [1.82, 2.24) is 10.6 Å². The van der Waals surface area contributed by atoms with Gasteiger partial charge in [0.1, 0.15) is 0 Å². The summed E-state index contributed by atoms with van der Waals surface area (Å²) < 4.78 is 0. The van der Waals surface area contributed by atoms with Gasteiger partial charge in [-0.1, -0.05) is 13.3 Å². The van der Waals surface area contributed by atoms with Crippen LogP contribution in [0.5, 0.6) is 0 Å². The number of carbonyl (C=O) groups excluding carboxylic acids is 1. The molecule has 1 aliphatic heterocycles. The molecule has 1 heterocycles. The van der Waals surface area contributed by atoms with Gasteiger partial charge in [-0.2, -0.15) is 0 Å². The maximum Gasteiger partial charge on any atom is 0.306 e. The van der Waals surface area contributed by atoms with E-state index in [9.17, 15) is 14.7 Å². The fourth-order valence-corrected chi connectivity index (χ4v) is 3.66. The van der Waals surface area contributed by atoms with Crippen molar-refractivity contribution >= 4 is 11.9 Å². The summed E-state index contributed by atoms with van der Waals surface area (Å²) in [6.07, 6.45) is 5.23. The molecular formula is C15H26N2O3. The van der Waals surface area contributed by atoms with Crippen LogP contribution in [-0.4, -0.2) is 36.6 Å². The number of aliphatic carboxylic acids is 1. The fourth-order valence-electron chi connectivity index (χ4n) is 3.66. The van der Waals surface area contributed by atoms with Crippen LogP contribution in [0.25, 0.3) is 0 Å². The Morgan fingerprint density at radius 1 is 1.30 bits per heavy atom. The van der Waals surface area contributed by atoms with Crippen LogP contribution in [0.2, 0.25) is 0 Å². The third kappa shape index (κ3) is 3.14. The van der Waals surface area contributed by atoms with Crippen molar-refractivity contribution in [1.29, 1.82) is 0 Å². The van der Waals surface area contributed by atoms with Crippen LogP contribution in [0, 0.1) is 17.3 Å². The van der Waals surface area contributed by atoms with Gasteiger partial charge in [0, 0.05) is 6.54 Å². The molecule has 1 saturated carbocycles. The zero-order valence-electron chi connectivity index (χ0n) is 12.3. The third-order valence-corrected chi connectivity index (χ3v) is 5.22. The summed E-state index contributed by atoms with van der Waals surface area (Å²) in [4.78, 5) is 23.7. The highest BCUT2D eigenvalue weighted by molar-refractivity contribution is 5.82. The number of piperidine rings is 1. The lowest BCUT2D eigenvalue weighted by molar-refractivity contribution is -0.143. The van der Waals surface area contributed by atoms with Crippen molar-refractivity contribution < 1.29 is 14.7 Å². The Morgan fingerprint density at radius 2 is 2.00 bits per heavy atom. The number of hydrogen-bond donors (Lipinski definition) is 3. The lowest BCUT2D eigenvalue weighted by atomic mass is 9.75. The summed E-state index contributed by atoms with van der Waals surface area (Å²) in [6.45, 7) is 4.37. The molecule has 2 fully saturated rings. The molecule has 1 amide bonds. The van der Waals surface area contributed by atoms with Gasteiger partial charge in [-0.15, -0.1) is 0 Å². The van der Waals surface area contributed by atoms with Crippen LogP contribution in [-0.2, 0) is 9.59 Å². The van der Waals surface area contributed by atoms with Crippen LogP contribution in [0.4, 0.5) is 0 Å². The van der Waals surface area contributed by atoms with Gasteiger partial charge < -0.3 is 15.7 Å². The van der Waals surface area contributed by atoms with Crippen molar-refractivity contribution in [3.63, 3.8) is 0 Å². The molecule has 1 saturated heterocycles. The molecule has 0 spiro atoms. The maximum atomic E-state index is 12.5. The number of carboxylic acids is 1. The fraction of sp³-hybridized carbons (Fsp3) is 0.867. The molecule has 2 rings (SSSR count). The number of rotatable bonds is 5. The first kappa shape index (κ1) is 15.3. The van der Waals surface area contributed by atoms with Crippen molar-refractivity contribution in [2.45, 2.75) is 45.4 Å². The molecular weight excluding hydrogens is 256 g/mol. The molecule has 0 radical (unpaired) electrons. The largest absolute Gasteiger partial charge is 0.481 e. The Bertz CT molecular complexity index is 364. The predicted octanol–water partition coefficient (Wildman–Crippen LogP) is 1.38. The lowest BCUT2D eigenvalue weighted by Gasteiger charge is -2.35. The summed E-state index contributed by atoms with van der Waals surface area (Å²) in [6, 6.07) is 0. The second-order valence-electron chi connectivity index (χ2n) is 6.23. The average Bonchev–Trinajstić information content (AvgIpc) is 2.94. The topological polar surface area (TPSA) is 78.4 Å². The van der Waals surface area contributed by atoms with Crippen molar-refractivity contribution in [3.8, 4) is 0 Å². The zero-order valence-corrected chi connectivity index (χ0v) is 12.3. The lowest BCUT2D eigenvalue weighted by Crippen LogP contribution is -2.48. The van der Waals surface area contributed by atoms with Gasteiger partial charge >= 0.3 is 5.97 Å². The molecule has 2 atom stereocenters. The Kier molecular flexibility index (Phi) is 5.02. The highest BCUT2D eigenvalue weighted by atomic mass is 16.4. The first-order valence-electron chi connectivity index (χ1n) is 7.81. The highest BCUT2D eigenvalue weighted by Gasteiger charge is 2.39. The molecule has 0 aromatic carbocycles. The molecule has 0 bridgehead atoms. The van der Waals surface area contributed by atoms with Gasteiger partial charge in [-0.3, -0.25) is 9.59 Å². The van der Waals surface area contributed by atoms with E-state index in [1.165, 1.54) is 0 Å². The predicted molar refractivity (Wildman–Crippen MR) is 76.3 cm³/mol. The van der Waals surface area contributed by atoms with E-state index in [0.29, 0.717) is 6.54 Å². The maximum absolute atomic E-state index is 12.5. The zero-order chi connectivity index (χ0) is 14.6. The smallest absolute Gasteiger partial charge is 0.306 e. The standard InChI is InChI=1S/C15H26N2O3/c1-2-15(6-8-16-9-7-15)14(20)17-10-11-4-3-5-12(11)13(18)19/h11-12,16H,2-10H2,1H3,(H,17,20)(H,18,19). The molecule has 1 aliphatic carbocycles. The molecule has 114 valence electrons. The number of nitrogens with one attached hydrogen (secondary N) is 2. The van der Waals surface area contributed by atoms with E-state index in [-0.39, 0.29) is 23.2 Å². The Hall–Kier alpha value is -1.10. The molecule has 3 N–H and O–H groups in total. The SMILES string of the molecule is CCC1(C(=O)NCC2CCCC2C(=O)O)CCNCC1. The molecule has 5 heteroatoms. The summed E-state index contributed by atoms with van der Waals surface area (Å²) in [5, 5.41) is 15.5. The van der Waals surface area contributed by atoms with Gasteiger partial charge in [0.25, 0.3) is 0 Å². The van der Waals surface area contributed by atoms with Gasteiger partial charge in [-0.25, -0.2) is 0 Å². The van der Waals surface area contributed by atoms with E-state index in [1.54, 1.807) is 0 Å². The van der Waals surface area contributed by atoms with Gasteiger partial charge in [0.05, 0.1) is 11.3 Å². The van der Waals surface area contributed by atoms with Gasteiger partial charge in [0.2, 0.25) is 5.91 Å². The van der Waals surface area contributed by atoms with E-state index < -0.39 is 5.97 Å². The van der Waals surface area contributed by atoms with Crippen LogP contribution >= 0.6 is 0 Å². The molecule has 0 aromatic heterocycles. The van der Waals surface area contributed by atoms with Crippen LogP contribution < -0.4 is 10.6 Å². The first-order valence-corrected chi connectivity index (χ1v) is 7.81. The molecule has 5 nitrogen and oxygen atoms in total. The monoisotopic (exact) mass is 282 g/mol. The minimum atomic E-state index is -0.714. The van der Waals surface area contributed by atoms with E-state index in [1.807, 2.05) is 0 Å². The number of amides is 1. The molecule has 20 heavy (non-hydrogen) atoms. The number of hydrogen-bond acceptors (Lipinski definition) is 3. The quantitative estimate of drug-likeness (QED) is 0.712. The number of carboxylic acid groups (broad SMARTS) is 1. The molecule has 2 aliphatic rings. The summed E-state index contributed by atoms with van der Waals surface area (Å²) in [5.74, 6) is -0.765. The summed E-state index contributed by atoms with van der Waals surface area (Å²) in [7, 11) is 0. The second-order valence-corrected chi connectivity index (χ2v) is 6.23. The minimum Gasteiger partial charge on any atom is -0.481 e. The summed E-state index contributed by atoms with van der Waals surface area (Å²) >= 11 is 0.